The Balaban J connectivity index is 1.56. The third-order valence-electron chi connectivity index (χ3n) is 3.89. The number of nitrogens with zero attached hydrogens (tertiary/aromatic N) is 3. The average Bonchev–Trinajstić information content (AvgIpc) is 2.66. The van der Waals surface area contributed by atoms with Crippen LogP contribution in [0.15, 0.2) is 35.2 Å². The Bertz CT molecular complexity index is 888. The van der Waals surface area contributed by atoms with Gasteiger partial charge in [0.25, 0.3) is 0 Å². The van der Waals surface area contributed by atoms with E-state index in [2.05, 4.69) is 19.6 Å². The van der Waals surface area contributed by atoms with E-state index in [1.165, 1.54) is 18.2 Å². The fraction of sp³-hybridized carbons (Fsp3) is 0.412. The highest BCUT2D eigenvalue weighted by atomic mass is 32.2. The summed E-state index contributed by atoms with van der Waals surface area (Å²) in [4.78, 5) is 10.6. The Morgan fingerprint density at radius 1 is 1.26 bits per heavy atom. The monoisotopic (exact) mass is 396 g/mol. The number of anilines is 1. The summed E-state index contributed by atoms with van der Waals surface area (Å²) in [6, 6.07) is 6.54. The standard InChI is InChI=1S/C17H21FN4O4S/c1-13-20-16(22-6-9-25-10-7-22)12-17(21-13)26-8-5-19-27(23,24)15-4-2-3-14(18)11-15/h2-4,11-12,19H,5-10H2,1H3. The van der Waals surface area contributed by atoms with Gasteiger partial charge in [-0.1, -0.05) is 6.07 Å². The van der Waals surface area contributed by atoms with E-state index in [1.54, 1.807) is 13.0 Å². The molecule has 0 aliphatic carbocycles. The van der Waals surface area contributed by atoms with Gasteiger partial charge in [-0.25, -0.2) is 22.5 Å². The normalized spacial score (nSPS) is 15.0. The number of rotatable bonds is 7. The molecule has 0 unspecified atom stereocenters. The summed E-state index contributed by atoms with van der Waals surface area (Å²) in [5, 5.41) is 0. The van der Waals surface area contributed by atoms with Crippen LogP contribution in [0.5, 0.6) is 5.88 Å². The van der Waals surface area contributed by atoms with Crippen molar-refractivity contribution in [1.82, 2.24) is 14.7 Å². The van der Waals surface area contributed by atoms with E-state index in [0.29, 0.717) is 24.9 Å². The van der Waals surface area contributed by atoms with Crippen molar-refractivity contribution in [2.24, 2.45) is 0 Å². The fourth-order valence-electron chi connectivity index (χ4n) is 2.60. The lowest BCUT2D eigenvalue weighted by atomic mass is 10.4. The molecule has 1 N–H and O–H groups in total. The number of hydrogen-bond donors (Lipinski definition) is 1. The molecule has 2 heterocycles. The van der Waals surface area contributed by atoms with Crippen molar-refractivity contribution in [2.45, 2.75) is 11.8 Å². The lowest BCUT2D eigenvalue weighted by molar-refractivity contribution is 0.122. The highest BCUT2D eigenvalue weighted by molar-refractivity contribution is 7.89. The first-order chi connectivity index (χ1) is 12.9. The van der Waals surface area contributed by atoms with Crippen LogP contribution in [0.4, 0.5) is 10.2 Å². The van der Waals surface area contributed by atoms with Gasteiger partial charge in [0, 0.05) is 25.7 Å². The van der Waals surface area contributed by atoms with Crippen molar-refractivity contribution in [3.05, 3.63) is 42.0 Å². The highest BCUT2D eigenvalue weighted by Gasteiger charge is 2.16. The van der Waals surface area contributed by atoms with Gasteiger partial charge in [-0.3, -0.25) is 0 Å². The third-order valence-corrected chi connectivity index (χ3v) is 5.35. The number of aromatic nitrogens is 2. The maximum atomic E-state index is 13.2. The van der Waals surface area contributed by atoms with Crippen LogP contribution in [0.1, 0.15) is 5.82 Å². The van der Waals surface area contributed by atoms with Crippen molar-refractivity contribution in [2.75, 3.05) is 44.4 Å². The van der Waals surface area contributed by atoms with E-state index in [1.807, 2.05) is 0 Å². The van der Waals surface area contributed by atoms with E-state index < -0.39 is 15.8 Å². The van der Waals surface area contributed by atoms with Crippen molar-refractivity contribution in [3.8, 4) is 5.88 Å². The van der Waals surface area contributed by atoms with E-state index in [4.69, 9.17) is 9.47 Å². The minimum absolute atomic E-state index is 0.0226. The maximum absolute atomic E-state index is 13.2. The van der Waals surface area contributed by atoms with Gasteiger partial charge in [0.2, 0.25) is 15.9 Å². The van der Waals surface area contributed by atoms with Gasteiger partial charge in [-0.15, -0.1) is 0 Å². The Hall–Kier alpha value is -2.30. The molecular weight excluding hydrogens is 375 g/mol. The molecule has 1 aromatic heterocycles. The van der Waals surface area contributed by atoms with Crippen LogP contribution in [0, 0.1) is 12.7 Å². The molecule has 8 nitrogen and oxygen atoms in total. The largest absolute Gasteiger partial charge is 0.476 e. The Labute approximate surface area is 157 Å². The molecule has 0 amide bonds. The minimum Gasteiger partial charge on any atom is -0.476 e. The second kappa shape index (κ2) is 8.59. The van der Waals surface area contributed by atoms with Crippen molar-refractivity contribution in [3.63, 3.8) is 0 Å². The SMILES string of the molecule is Cc1nc(OCCNS(=O)(=O)c2cccc(F)c2)cc(N2CCOCC2)n1. The van der Waals surface area contributed by atoms with Crippen LogP contribution in [0.25, 0.3) is 0 Å². The summed E-state index contributed by atoms with van der Waals surface area (Å²) >= 11 is 0. The molecule has 1 aromatic carbocycles. The number of hydrogen-bond acceptors (Lipinski definition) is 7. The molecule has 0 saturated carbocycles. The minimum atomic E-state index is -3.80. The first-order valence-corrected chi connectivity index (χ1v) is 9.99. The van der Waals surface area contributed by atoms with Crippen LogP contribution in [-0.2, 0) is 14.8 Å². The van der Waals surface area contributed by atoms with Crippen LogP contribution in [-0.4, -0.2) is 57.8 Å². The van der Waals surface area contributed by atoms with Crippen LogP contribution in [0.2, 0.25) is 0 Å². The number of morpholine rings is 1. The molecule has 0 radical (unpaired) electrons. The zero-order valence-corrected chi connectivity index (χ0v) is 15.7. The fourth-order valence-corrected chi connectivity index (χ4v) is 3.65. The number of ether oxygens (including phenoxy) is 2. The zero-order valence-electron chi connectivity index (χ0n) is 14.9. The number of nitrogens with one attached hydrogen (secondary N) is 1. The van der Waals surface area contributed by atoms with Gasteiger partial charge in [-0.2, -0.15) is 4.98 Å². The van der Waals surface area contributed by atoms with Crippen LogP contribution < -0.4 is 14.4 Å². The highest BCUT2D eigenvalue weighted by Crippen LogP contribution is 2.18. The first-order valence-electron chi connectivity index (χ1n) is 8.50. The topological polar surface area (TPSA) is 93.6 Å². The van der Waals surface area contributed by atoms with Gasteiger partial charge in [0.1, 0.15) is 24.1 Å². The lowest BCUT2D eigenvalue weighted by Crippen LogP contribution is -2.37. The van der Waals surface area contributed by atoms with Gasteiger partial charge < -0.3 is 14.4 Å². The molecule has 0 bridgehead atoms. The molecule has 1 saturated heterocycles. The quantitative estimate of drug-likeness (QED) is 0.701. The summed E-state index contributed by atoms with van der Waals surface area (Å²) in [6.07, 6.45) is 0. The van der Waals surface area contributed by atoms with Crippen molar-refractivity contribution in [1.29, 1.82) is 0 Å². The zero-order chi connectivity index (χ0) is 19.3. The number of aryl methyl sites for hydroxylation is 1. The molecular formula is C17H21FN4O4S. The molecule has 0 atom stereocenters. The molecule has 146 valence electrons. The number of benzene rings is 1. The Morgan fingerprint density at radius 3 is 2.78 bits per heavy atom. The smallest absolute Gasteiger partial charge is 0.240 e. The molecule has 27 heavy (non-hydrogen) atoms. The second-order valence-corrected chi connectivity index (χ2v) is 7.68. The first kappa shape index (κ1) is 19.5. The molecule has 2 aromatic rings. The third kappa shape index (κ3) is 5.34. The van der Waals surface area contributed by atoms with Crippen LogP contribution in [0.3, 0.4) is 0 Å². The average molecular weight is 396 g/mol. The predicted octanol–water partition coefficient (Wildman–Crippen LogP) is 1.12. The summed E-state index contributed by atoms with van der Waals surface area (Å²) in [7, 11) is -3.80. The van der Waals surface area contributed by atoms with Gasteiger partial charge in [0.05, 0.1) is 18.1 Å². The molecule has 1 aliphatic rings. The molecule has 3 rings (SSSR count). The van der Waals surface area contributed by atoms with E-state index >= 15 is 0 Å². The maximum Gasteiger partial charge on any atom is 0.240 e. The summed E-state index contributed by atoms with van der Waals surface area (Å²) in [5.41, 5.74) is 0. The van der Waals surface area contributed by atoms with Gasteiger partial charge in [0.15, 0.2) is 0 Å². The Kier molecular flexibility index (Phi) is 6.19. The van der Waals surface area contributed by atoms with E-state index in [9.17, 15) is 12.8 Å². The molecule has 0 spiro atoms. The molecule has 10 heteroatoms. The Morgan fingerprint density at radius 2 is 2.04 bits per heavy atom. The summed E-state index contributed by atoms with van der Waals surface area (Å²) in [5.74, 6) is 1.07. The predicted molar refractivity (Wildman–Crippen MR) is 96.9 cm³/mol. The van der Waals surface area contributed by atoms with Gasteiger partial charge >= 0.3 is 0 Å². The number of sulfonamides is 1. The van der Waals surface area contributed by atoms with E-state index in [0.717, 1.165) is 25.0 Å². The molecule has 1 fully saturated rings. The number of halogens is 1. The van der Waals surface area contributed by atoms with Gasteiger partial charge in [-0.05, 0) is 25.1 Å². The molecule has 1 aliphatic heterocycles. The lowest BCUT2D eigenvalue weighted by Gasteiger charge is -2.28. The second-order valence-electron chi connectivity index (χ2n) is 5.91. The van der Waals surface area contributed by atoms with E-state index in [-0.39, 0.29) is 18.0 Å². The summed E-state index contributed by atoms with van der Waals surface area (Å²) in [6.45, 7) is 4.63. The van der Waals surface area contributed by atoms with Crippen molar-refractivity contribution < 1.29 is 22.3 Å². The summed E-state index contributed by atoms with van der Waals surface area (Å²) < 4.78 is 50.7. The van der Waals surface area contributed by atoms with Crippen LogP contribution >= 0.6 is 0 Å². The van der Waals surface area contributed by atoms with Crippen molar-refractivity contribution >= 4 is 15.8 Å².